The lowest BCUT2D eigenvalue weighted by atomic mass is 10.1. The number of hydrogen-bond acceptors (Lipinski definition) is 2. The number of amides is 1. The summed E-state index contributed by atoms with van der Waals surface area (Å²) in [7, 11) is 0. The standard InChI is InChI=1S/C12H14ClNO2/c1-8-2-3-9(13)6-11(8)14-7-10(15)4-5-12(14)16/h2-3,6,10,15H,4-5,7H2,1H3. The Hall–Kier alpha value is -1.06. The summed E-state index contributed by atoms with van der Waals surface area (Å²) in [6.07, 6.45) is 0.512. The summed E-state index contributed by atoms with van der Waals surface area (Å²) in [5, 5.41) is 10.2. The van der Waals surface area contributed by atoms with Gasteiger partial charge in [0.2, 0.25) is 5.91 Å². The number of carbonyl (C=O) groups excluding carboxylic acids is 1. The first-order valence-corrected chi connectivity index (χ1v) is 5.70. The smallest absolute Gasteiger partial charge is 0.227 e. The largest absolute Gasteiger partial charge is 0.391 e. The molecule has 1 N–H and O–H groups in total. The van der Waals surface area contributed by atoms with Gasteiger partial charge in [0, 0.05) is 17.1 Å². The van der Waals surface area contributed by atoms with Crippen molar-refractivity contribution in [2.45, 2.75) is 25.9 Å². The number of aliphatic hydroxyl groups is 1. The van der Waals surface area contributed by atoms with Crippen molar-refractivity contribution in [2.24, 2.45) is 0 Å². The van der Waals surface area contributed by atoms with Crippen molar-refractivity contribution >= 4 is 23.2 Å². The van der Waals surface area contributed by atoms with Gasteiger partial charge in [0.1, 0.15) is 0 Å². The van der Waals surface area contributed by atoms with E-state index < -0.39 is 6.10 Å². The molecule has 1 saturated heterocycles. The molecule has 0 radical (unpaired) electrons. The molecule has 1 heterocycles. The van der Waals surface area contributed by atoms with Gasteiger partial charge in [-0.2, -0.15) is 0 Å². The molecule has 3 nitrogen and oxygen atoms in total. The Morgan fingerprint density at radius 1 is 1.50 bits per heavy atom. The Balaban J connectivity index is 2.34. The first kappa shape index (κ1) is 11.4. The van der Waals surface area contributed by atoms with Gasteiger partial charge in [0.05, 0.1) is 12.6 Å². The molecule has 4 heteroatoms. The summed E-state index contributed by atoms with van der Waals surface area (Å²) in [6.45, 7) is 2.29. The number of rotatable bonds is 1. The van der Waals surface area contributed by atoms with Gasteiger partial charge >= 0.3 is 0 Å². The summed E-state index contributed by atoms with van der Waals surface area (Å²) in [4.78, 5) is 13.4. The lowest BCUT2D eigenvalue weighted by Crippen LogP contribution is -2.42. The van der Waals surface area contributed by atoms with Crippen LogP contribution in [-0.2, 0) is 4.79 Å². The molecule has 1 aromatic carbocycles. The molecule has 1 aliphatic heterocycles. The molecule has 2 rings (SSSR count). The SMILES string of the molecule is Cc1ccc(Cl)cc1N1CC(O)CCC1=O. The zero-order chi connectivity index (χ0) is 11.7. The number of aliphatic hydroxyl groups excluding tert-OH is 1. The van der Waals surface area contributed by atoms with E-state index >= 15 is 0 Å². The number of nitrogens with zero attached hydrogens (tertiary/aromatic N) is 1. The number of hydrogen-bond donors (Lipinski definition) is 1. The van der Waals surface area contributed by atoms with E-state index in [-0.39, 0.29) is 5.91 Å². The van der Waals surface area contributed by atoms with E-state index in [1.54, 1.807) is 17.0 Å². The van der Waals surface area contributed by atoms with Crippen LogP contribution in [0.1, 0.15) is 18.4 Å². The molecule has 1 aromatic rings. The number of carbonyl (C=O) groups is 1. The van der Waals surface area contributed by atoms with E-state index in [9.17, 15) is 9.90 Å². The average molecular weight is 240 g/mol. The first-order chi connectivity index (χ1) is 7.58. The molecule has 0 saturated carbocycles. The Morgan fingerprint density at radius 3 is 3.00 bits per heavy atom. The fourth-order valence-corrected chi connectivity index (χ4v) is 2.10. The summed E-state index contributed by atoms with van der Waals surface area (Å²) in [5.74, 6) is 0.0515. The van der Waals surface area contributed by atoms with Crippen LogP contribution in [0.3, 0.4) is 0 Å². The second kappa shape index (κ2) is 4.44. The fourth-order valence-electron chi connectivity index (χ4n) is 1.93. The van der Waals surface area contributed by atoms with Crippen LogP contribution in [0, 0.1) is 6.92 Å². The molecule has 16 heavy (non-hydrogen) atoms. The van der Waals surface area contributed by atoms with Gasteiger partial charge in [-0.3, -0.25) is 4.79 Å². The number of benzene rings is 1. The minimum Gasteiger partial charge on any atom is -0.391 e. The van der Waals surface area contributed by atoms with E-state index in [0.29, 0.717) is 24.4 Å². The van der Waals surface area contributed by atoms with Crippen molar-refractivity contribution in [3.8, 4) is 0 Å². The minimum absolute atomic E-state index is 0.0515. The van der Waals surface area contributed by atoms with Crippen LogP contribution < -0.4 is 4.90 Å². The molecule has 1 atom stereocenters. The Labute approximate surface area is 99.6 Å². The van der Waals surface area contributed by atoms with Crippen molar-refractivity contribution in [1.82, 2.24) is 0 Å². The Kier molecular flexibility index (Phi) is 3.17. The van der Waals surface area contributed by atoms with Gasteiger partial charge in [0.15, 0.2) is 0 Å². The quantitative estimate of drug-likeness (QED) is 0.816. The molecule has 0 aliphatic carbocycles. The van der Waals surface area contributed by atoms with Gasteiger partial charge in [-0.1, -0.05) is 17.7 Å². The highest BCUT2D eigenvalue weighted by Crippen LogP contribution is 2.27. The Morgan fingerprint density at radius 2 is 2.25 bits per heavy atom. The lowest BCUT2D eigenvalue weighted by Gasteiger charge is -2.31. The van der Waals surface area contributed by atoms with Gasteiger partial charge in [-0.25, -0.2) is 0 Å². The molecule has 0 bridgehead atoms. The van der Waals surface area contributed by atoms with Crippen molar-refractivity contribution < 1.29 is 9.90 Å². The van der Waals surface area contributed by atoms with Crippen LogP contribution in [-0.4, -0.2) is 23.7 Å². The van der Waals surface area contributed by atoms with Gasteiger partial charge in [0.25, 0.3) is 0 Å². The second-order valence-corrected chi connectivity index (χ2v) is 4.56. The number of β-amino-alcohol motifs (C(OH)–C–C–N with tert-alkyl or cyclic N) is 1. The average Bonchev–Trinajstić information content (AvgIpc) is 2.25. The predicted molar refractivity (Wildman–Crippen MR) is 63.8 cm³/mol. The highest BCUT2D eigenvalue weighted by molar-refractivity contribution is 6.31. The number of halogens is 1. The summed E-state index contributed by atoms with van der Waals surface area (Å²) in [6, 6.07) is 5.45. The van der Waals surface area contributed by atoms with Gasteiger partial charge in [-0.05, 0) is 31.0 Å². The minimum atomic E-state index is -0.434. The van der Waals surface area contributed by atoms with E-state index in [0.717, 1.165) is 11.3 Å². The van der Waals surface area contributed by atoms with Crippen LogP contribution in [0.15, 0.2) is 18.2 Å². The van der Waals surface area contributed by atoms with E-state index in [1.807, 2.05) is 13.0 Å². The van der Waals surface area contributed by atoms with Crippen molar-refractivity contribution in [2.75, 3.05) is 11.4 Å². The number of aryl methyl sites for hydroxylation is 1. The van der Waals surface area contributed by atoms with Crippen LogP contribution >= 0.6 is 11.6 Å². The van der Waals surface area contributed by atoms with Crippen LogP contribution in [0.2, 0.25) is 5.02 Å². The van der Waals surface area contributed by atoms with Crippen molar-refractivity contribution in [1.29, 1.82) is 0 Å². The second-order valence-electron chi connectivity index (χ2n) is 4.13. The first-order valence-electron chi connectivity index (χ1n) is 5.32. The molecule has 0 spiro atoms. The molecule has 0 aromatic heterocycles. The molecular weight excluding hydrogens is 226 g/mol. The molecule has 86 valence electrons. The molecule has 1 unspecified atom stereocenters. The number of piperidine rings is 1. The maximum atomic E-state index is 11.8. The zero-order valence-electron chi connectivity index (χ0n) is 9.11. The van der Waals surface area contributed by atoms with Gasteiger partial charge < -0.3 is 10.0 Å². The molecule has 1 fully saturated rings. The van der Waals surface area contributed by atoms with E-state index in [1.165, 1.54) is 0 Å². The normalized spacial score (nSPS) is 21.3. The monoisotopic (exact) mass is 239 g/mol. The highest BCUT2D eigenvalue weighted by atomic mass is 35.5. The molecule has 1 amide bonds. The molecule has 1 aliphatic rings. The fraction of sp³-hybridized carbons (Fsp3) is 0.417. The summed E-state index contributed by atoms with van der Waals surface area (Å²) >= 11 is 5.92. The third kappa shape index (κ3) is 2.20. The van der Waals surface area contributed by atoms with Gasteiger partial charge in [-0.15, -0.1) is 0 Å². The topological polar surface area (TPSA) is 40.5 Å². The predicted octanol–water partition coefficient (Wildman–Crippen LogP) is 2.14. The van der Waals surface area contributed by atoms with E-state index in [4.69, 9.17) is 11.6 Å². The maximum absolute atomic E-state index is 11.8. The maximum Gasteiger partial charge on any atom is 0.227 e. The highest BCUT2D eigenvalue weighted by Gasteiger charge is 2.26. The molecular formula is C12H14ClNO2. The van der Waals surface area contributed by atoms with Crippen molar-refractivity contribution in [3.05, 3.63) is 28.8 Å². The third-order valence-electron chi connectivity index (χ3n) is 2.85. The van der Waals surface area contributed by atoms with Crippen molar-refractivity contribution in [3.63, 3.8) is 0 Å². The Bertz CT molecular complexity index is 419. The number of anilines is 1. The summed E-state index contributed by atoms with van der Waals surface area (Å²) in [5.41, 5.74) is 1.79. The van der Waals surface area contributed by atoms with Crippen LogP contribution in [0.4, 0.5) is 5.69 Å². The third-order valence-corrected chi connectivity index (χ3v) is 3.08. The zero-order valence-corrected chi connectivity index (χ0v) is 9.87. The van der Waals surface area contributed by atoms with Crippen LogP contribution in [0.5, 0.6) is 0 Å². The summed E-state index contributed by atoms with van der Waals surface area (Å²) < 4.78 is 0. The lowest BCUT2D eigenvalue weighted by molar-refractivity contribution is -0.121. The van der Waals surface area contributed by atoms with Crippen LogP contribution in [0.25, 0.3) is 0 Å². The van der Waals surface area contributed by atoms with E-state index in [2.05, 4.69) is 0 Å².